The molecule has 6 heteroatoms. The maximum atomic E-state index is 12.2. The maximum absolute atomic E-state index is 12.2. The van der Waals surface area contributed by atoms with Gasteiger partial charge in [0.15, 0.2) is 0 Å². The number of likely N-dealkylation sites (tertiary alicyclic amines) is 1. The van der Waals surface area contributed by atoms with Crippen LogP contribution < -0.4 is 4.72 Å². The third kappa shape index (κ3) is 5.28. The number of rotatable bonds is 7. The van der Waals surface area contributed by atoms with Crippen LogP contribution in [-0.2, 0) is 23.0 Å². The van der Waals surface area contributed by atoms with Gasteiger partial charge in [-0.3, -0.25) is 4.90 Å². The van der Waals surface area contributed by atoms with Crippen molar-refractivity contribution in [3.8, 4) is 0 Å². The monoisotopic (exact) mass is 370 g/mol. The number of hydrogen-bond acceptors (Lipinski definition) is 4. The van der Waals surface area contributed by atoms with E-state index in [0.717, 1.165) is 58.2 Å². The standard InChI is InChI=1S/C18H30N2O2S2/c1-14(2)11-16-6-7-17(23-16)13-20-10-4-3-5-15(12-20)19-24(21,22)18-8-9-18/h6-7,14-15,18-19H,3-5,8-13H2,1-2H3. The Kier molecular flexibility index (Phi) is 6.01. The molecule has 2 heterocycles. The van der Waals surface area contributed by atoms with Crippen molar-refractivity contribution in [2.75, 3.05) is 13.1 Å². The third-order valence-corrected chi connectivity index (χ3v) is 7.86. The smallest absolute Gasteiger partial charge is 0.214 e. The summed E-state index contributed by atoms with van der Waals surface area (Å²) in [6.45, 7) is 7.36. The highest BCUT2D eigenvalue weighted by Crippen LogP contribution is 2.28. The van der Waals surface area contributed by atoms with Gasteiger partial charge in [-0.1, -0.05) is 20.3 Å². The summed E-state index contributed by atoms with van der Waals surface area (Å²) >= 11 is 1.91. The number of nitrogens with zero attached hydrogens (tertiary/aromatic N) is 1. The SMILES string of the molecule is CC(C)Cc1ccc(CN2CCCCC(NS(=O)(=O)C3CC3)C2)s1. The number of sulfonamides is 1. The third-order valence-electron chi connectivity index (χ3n) is 4.76. The van der Waals surface area contributed by atoms with Crippen molar-refractivity contribution in [3.63, 3.8) is 0 Å². The van der Waals surface area contributed by atoms with Gasteiger partial charge in [0.05, 0.1) is 5.25 Å². The van der Waals surface area contributed by atoms with Gasteiger partial charge in [0, 0.05) is 28.9 Å². The molecule has 0 amide bonds. The van der Waals surface area contributed by atoms with Crippen LogP contribution in [0.2, 0.25) is 0 Å². The van der Waals surface area contributed by atoms with Crippen molar-refractivity contribution in [1.29, 1.82) is 0 Å². The van der Waals surface area contributed by atoms with E-state index < -0.39 is 10.0 Å². The molecule has 0 spiro atoms. The molecule has 1 saturated carbocycles. The molecule has 1 N–H and O–H groups in total. The van der Waals surface area contributed by atoms with Crippen molar-refractivity contribution >= 4 is 21.4 Å². The first kappa shape index (κ1) is 18.4. The lowest BCUT2D eigenvalue weighted by Crippen LogP contribution is -2.43. The lowest BCUT2D eigenvalue weighted by Gasteiger charge is -2.24. The first-order valence-corrected chi connectivity index (χ1v) is 11.6. The van der Waals surface area contributed by atoms with Crippen LogP contribution in [0.3, 0.4) is 0 Å². The summed E-state index contributed by atoms with van der Waals surface area (Å²) in [6, 6.07) is 4.58. The molecule has 1 atom stereocenters. The van der Waals surface area contributed by atoms with E-state index in [9.17, 15) is 8.42 Å². The Balaban J connectivity index is 1.57. The van der Waals surface area contributed by atoms with Crippen LogP contribution in [0.1, 0.15) is 55.7 Å². The molecule has 2 aliphatic rings. The lowest BCUT2D eigenvalue weighted by atomic mass is 10.1. The van der Waals surface area contributed by atoms with Gasteiger partial charge in [0.1, 0.15) is 0 Å². The van der Waals surface area contributed by atoms with Gasteiger partial charge in [0.25, 0.3) is 0 Å². The topological polar surface area (TPSA) is 49.4 Å². The van der Waals surface area contributed by atoms with Crippen LogP contribution in [0.15, 0.2) is 12.1 Å². The van der Waals surface area contributed by atoms with E-state index >= 15 is 0 Å². The normalized spacial score (nSPS) is 23.5. The number of thiophene rings is 1. The maximum Gasteiger partial charge on any atom is 0.214 e. The minimum Gasteiger partial charge on any atom is -0.297 e. The van der Waals surface area contributed by atoms with Crippen LogP contribution >= 0.6 is 11.3 Å². The Morgan fingerprint density at radius 1 is 1.21 bits per heavy atom. The van der Waals surface area contributed by atoms with Crippen LogP contribution in [0, 0.1) is 5.92 Å². The molecular weight excluding hydrogens is 340 g/mol. The summed E-state index contributed by atoms with van der Waals surface area (Å²) in [4.78, 5) is 5.29. The molecular formula is C18H30N2O2S2. The van der Waals surface area contributed by atoms with Gasteiger partial charge in [-0.15, -0.1) is 11.3 Å². The van der Waals surface area contributed by atoms with Gasteiger partial charge in [-0.05, 0) is 56.7 Å². The van der Waals surface area contributed by atoms with Crippen molar-refractivity contribution in [3.05, 3.63) is 21.9 Å². The molecule has 0 aromatic carbocycles. The van der Waals surface area contributed by atoms with Crippen molar-refractivity contribution in [2.45, 2.75) is 70.2 Å². The highest BCUT2D eigenvalue weighted by atomic mass is 32.2. The second kappa shape index (κ2) is 7.85. The predicted molar refractivity (Wildman–Crippen MR) is 101 cm³/mol. The van der Waals surface area contributed by atoms with Gasteiger partial charge < -0.3 is 0 Å². The molecule has 24 heavy (non-hydrogen) atoms. The summed E-state index contributed by atoms with van der Waals surface area (Å²) in [5, 5.41) is -0.120. The van der Waals surface area contributed by atoms with Gasteiger partial charge in [0.2, 0.25) is 10.0 Å². The van der Waals surface area contributed by atoms with E-state index in [2.05, 4.69) is 35.6 Å². The Bertz CT molecular complexity index is 635. The number of hydrogen-bond donors (Lipinski definition) is 1. The summed E-state index contributed by atoms with van der Waals surface area (Å²) < 4.78 is 27.4. The molecule has 1 aromatic rings. The van der Waals surface area contributed by atoms with Crippen molar-refractivity contribution < 1.29 is 8.42 Å². The summed E-state index contributed by atoms with van der Waals surface area (Å²) in [5.74, 6) is 0.691. The number of nitrogens with one attached hydrogen (secondary N) is 1. The van der Waals surface area contributed by atoms with E-state index in [1.165, 1.54) is 9.75 Å². The molecule has 136 valence electrons. The van der Waals surface area contributed by atoms with E-state index in [1.807, 2.05) is 11.3 Å². The average molecular weight is 371 g/mol. The van der Waals surface area contributed by atoms with E-state index in [-0.39, 0.29) is 11.3 Å². The predicted octanol–water partition coefficient (Wildman–Crippen LogP) is 3.38. The zero-order chi connectivity index (χ0) is 17.2. The van der Waals surface area contributed by atoms with Crippen LogP contribution in [0.5, 0.6) is 0 Å². The Morgan fingerprint density at radius 3 is 2.67 bits per heavy atom. The molecule has 0 bridgehead atoms. The largest absolute Gasteiger partial charge is 0.297 e. The summed E-state index contributed by atoms with van der Waals surface area (Å²) in [7, 11) is -3.08. The van der Waals surface area contributed by atoms with Crippen molar-refractivity contribution in [2.24, 2.45) is 5.92 Å². The molecule has 2 fully saturated rings. The zero-order valence-electron chi connectivity index (χ0n) is 14.8. The van der Waals surface area contributed by atoms with Crippen LogP contribution in [0.4, 0.5) is 0 Å². The van der Waals surface area contributed by atoms with Gasteiger partial charge >= 0.3 is 0 Å². The minimum atomic E-state index is -3.08. The Morgan fingerprint density at radius 2 is 1.96 bits per heavy atom. The fourth-order valence-corrected chi connectivity index (χ4v) is 6.29. The highest BCUT2D eigenvalue weighted by Gasteiger charge is 2.37. The molecule has 3 rings (SSSR count). The molecule has 1 aromatic heterocycles. The second-order valence-corrected chi connectivity index (χ2v) is 11.0. The van der Waals surface area contributed by atoms with Gasteiger partial charge in [-0.2, -0.15) is 0 Å². The quantitative estimate of drug-likeness (QED) is 0.800. The fourth-order valence-electron chi connectivity index (χ4n) is 3.41. The van der Waals surface area contributed by atoms with E-state index in [1.54, 1.807) is 0 Å². The minimum absolute atomic E-state index is 0.0770. The Labute approximate surface area is 150 Å². The van der Waals surface area contributed by atoms with E-state index in [4.69, 9.17) is 0 Å². The molecule has 1 saturated heterocycles. The first-order chi connectivity index (χ1) is 11.4. The average Bonchev–Trinajstić information content (AvgIpc) is 3.28. The molecule has 4 nitrogen and oxygen atoms in total. The first-order valence-electron chi connectivity index (χ1n) is 9.23. The highest BCUT2D eigenvalue weighted by molar-refractivity contribution is 7.90. The zero-order valence-corrected chi connectivity index (χ0v) is 16.5. The van der Waals surface area contributed by atoms with Crippen LogP contribution in [0.25, 0.3) is 0 Å². The fraction of sp³-hybridized carbons (Fsp3) is 0.778. The van der Waals surface area contributed by atoms with E-state index in [0.29, 0.717) is 5.92 Å². The molecule has 1 unspecified atom stereocenters. The second-order valence-electron chi connectivity index (χ2n) is 7.76. The molecule has 1 aliphatic carbocycles. The lowest BCUT2D eigenvalue weighted by molar-refractivity contribution is 0.262. The molecule has 0 radical (unpaired) electrons. The Hall–Kier alpha value is -0.430. The molecule has 1 aliphatic heterocycles. The van der Waals surface area contributed by atoms with Crippen molar-refractivity contribution in [1.82, 2.24) is 9.62 Å². The van der Waals surface area contributed by atoms with Gasteiger partial charge in [-0.25, -0.2) is 13.1 Å². The van der Waals surface area contributed by atoms with Crippen LogP contribution in [-0.4, -0.2) is 37.7 Å². The summed E-state index contributed by atoms with van der Waals surface area (Å²) in [5.41, 5.74) is 0. The summed E-state index contributed by atoms with van der Waals surface area (Å²) in [6.07, 6.45) is 6.04.